The number of hydrogen-bond acceptors (Lipinski definition) is 3. The van der Waals surface area contributed by atoms with Gasteiger partial charge in [0.1, 0.15) is 0 Å². The highest BCUT2D eigenvalue weighted by Gasteiger charge is 2.23. The van der Waals surface area contributed by atoms with Crippen LogP contribution in [0.4, 0.5) is 0 Å². The fourth-order valence-electron chi connectivity index (χ4n) is 7.67. The Morgan fingerprint density at radius 2 is 0.423 bits per heavy atom. The first-order valence-electron chi connectivity index (χ1n) is 24.6. The van der Waals surface area contributed by atoms with E-state index in [9.17, 15) is 4.57 Å². The van der Waals surface area contributed by atoms with Crippen molar-refractivity contribution in [2.24, 2.45) is 0 Å². The van der Waals surface area contributed by atoms with Crippen LogP contribution in [0.2, 0.25) is 0 Å². The number of hydrogen-bond donors (Lipinski definition) is 0. The normalized spacial score (nSPS) is 12.0. The summed E-state index contributed by atoms with van der Waals surface area (Å²) in [5, 5.41) is 0. The molecule has 0 aromatic carbocycles. The summed E-state index contributed by atoms with van der Waals surface area (Å²) in [5.41, 5.74) is 0. The maximum Gasteiger partial charge on any atom is 0.330 e. The molecule has 0 spiro atoms. The molecule has 0 unspecified atom stereocenters. The van der Waals surface area contributed by atoms with Gasteiger partial charge in [-0.15, -0.1) is 0 Å². The van der Waals surface area contributed by atoms with Crippen molar-refractivity contribution in [3.63, 3.8) is 0 Å². The molecule has 0 aromatic heterocycles. The standard InChI is InChI=1S/C48H99O3P/c1-4-7-10-13-16-19-22-25-28-31-34-37-40-43-46-50-52(49,48-45-42-39-36-33-30-27-24-21-18-15-12-9-6-3)51-47-44-41-38-35-32-29-26-23-20-17-14-11-8-5-2/h4-48H2,1-3H3. The smallest absolute Gasteiger partial charge is 0.309 e. The highest BCUT2D eigenvalue weighted by Crippen LogP contribution is 2.49. The van der Waals surface area contributed by atoms with Crippen molar-refractivity contribution >= 4 is 7.60 Å². The first-order valence-corrected chi connectivity index (χ1v) is 26.3. The predicted molar refractivity (Wildman–Crippen MR) is 235 cm³/mol. The minimum atomic E-state index is -2.98. The van der Waals surface area contributed by atoms with Crippen molar-refractivity contribution in [1.82, 2.24) is 0 Å². The van der Waals surface area contributed by atoms with Crippen molar-refractivity contribution in [2.75, 3.05) is 19.4 Å². The maximum atomic E-state index is 13.8. The first kappa shape index (κ1) is 52.2. The predicted octanol–water partition coefficient (Wildman–Crippen LogP) is 18.7. The third-order valence-electron chi connectivity index (χ3n) is 11.4. The molecule has 0 amide bonds. The van der Waals surface area contributed by atoms with E-state index in [-0.39, 0.29) is 0 Å². The topological polar surface area (TPSA) is 35.5 Å². The van der Waals surface area contributed by atoms with Crippen LogP contribution in [-0.2, 0) is 13.6 Å². The van der Waals surface area contributed by atoms with Crippen LogP contribution in [0.3, 0.4) is 0 Å². The molecule has 0 saturated heterocycles. The zero-order chi connectivity index (χ0) is 37.7. The minimum absolute atomic E-state index is 0.604. The van der Waals surface area contributed by atoms with Gasteiger partial charge in [-0.2, -0.15) is 0 Å². The maximum absolute atomic E-state index is 13.8. The van der Waals surface area contributed by atoms with Crippen LogP contribution in [0, 0.1) is 0 Å². The van der Waals surface area contributed by atoms with E-state index < -0.39 is 7.60 Å². The largest absolute Gasteiger partial charge is 0.330 e. The van der Waals surface area contributed by atoms with Gasteiger partial charge in [0.25, 0.3) is 0 Å². The average Bonchev–Trinajstić information content (AvgIpc) is 3.15. The third kappa shape index (κ3) is 42.9. The molecule has 0 radical (unpaired) electrons. The summed E-state index contributed by atoms with van der Waals surface area (Å²) in [7, 11) is -2.98. The van der Waals surface area contributed by atoms with Crippen molar-refractivity contribution < 1.29 is 13.6 Å². The zero-order valence-corrected chi connectivity index (χ0v) is 37.4. The SMILES string of the molecule is CCCCCCCCCCCCCCCCOP(=O)(CCCCCCCCCCCCCCCC)OCCCCCCCCCCCCCCCC. The lowest BCUT2D eigenvalue weighted by molar-refractivity contribution is 0.197. The van der Waals surface area contributed by atoms with E-state index in [0.717, 1.165) is 25.7 Å². The molecule has 0 bridgehead atoms. The van der Waals surface area contributed by atoms with Gasteiger partial charge in [0.05, 0.1) is 19.4 Å². The van der Waals surface area contributed by atoms with E-state index >= 15 is 0 Å². The molecule has 0 saturated carbocycles. The first-order chi connectivity index (χ1) is 25.7. The number of unbranched alkanes of at least 4 members (excludes halogenated alkanes) is 39. The van der Waals surface area contributed by atoms with E-state index in [1.54, 1.807) is 0 Å². The Kier molecular flexibility index (Phi) is 45.7. The molecule has 0 aliphatic heterocycles. The van der Waals surface area contributed by atoms with Crippen molar-refractivity contribution in [3.8, 4) is 0 Å². The van der Waals surface area contributed by atoms with Crippen LogP contribution in [-0.4, -0.2) is 19.4 Å². The Morgan fingerprint density at radius 1 is 0.250 bits per heavy atom. The molecule has 0 rings (SSSR count). The fraction of sp³-hybridized carbons (Fsp3) is 1.00. The monoisotopic (exact) mass is 755 g/mol. The average molecular weight is 755 g/mol. The van der Waals surface area contributed by atoms with Crippen molar-refractivity contribution in [2.45, 2.75) is 290 Å². The molecular weight excluding hydrogens is 655 g/mol. The van der Waals surface area contributed by atoms with E-state index in [1.807, 2.05) is 0 Å². The van der Waals surface area contributed by atoms with E-state index in [4.69, 9.17) is 9.05 Å². The highest BCUT2D eigenvalue weighted by molar-refractivity contribution is 7.53. The van der Waals surface area contributed by atoms with Gasteiger partial charge in [-0.1, -0.05) is 271 Å². The fourth-order valence-corrected chi connectivity index (χ4v) is 9.43. The van der Waals surface area contributed by atoms with Crippen molar-refractivity contribution in [1.29, 1.82) is 0 Å². The molecule has 3 nitrogen and oxygen atoms in total. The molecule has 4 heteroatoms. The van der Waals surface area contributed by atoms with Gasteiger partial charge in [-0.3, -0.25) is 4.57 Å². The molecule has 0 atom stereocenters. The summed E-state index contributed by atoms with van der Waals surface area (Å²) in [6.45, 7) is 8.10. The van der Waals surface area contributed by atoms with Crippen molar-refractivity contribution in [3.05, 3.63) is 0 Å². The van der Waals surface area contributed by atoms with Gasteiger partial charge >= 0.3 is 7.60 Å². The third-order valence-corrected chi connectivity index (χ3v) is 13.4. The Labute approximate surface area is 330 Å². The molecule has 0 aliphatic carbocycles. The molecule has 314 valence electrons. The van der Waals surface area contributed by atoms with Crippen LogP contribution in [0.25, 0.3) is 0 Å². The van der Waals surface area contributed by atoms with Gasteiger partial charge in [0, 0.05) is 0 Å². The van der Waals surface area contributed by atoms with E-state index in [0.29, 0.717) is 19.4 Å². The molecule has 0 heterocycles. The number of rotatable bonds is 47. The summed E-state index contributed by atoms with van der Waals surface area (Å²) < 4.78 is 26.0. The summed E-state index contributed by atoms with van der Waals surface area (Å²) >= 11 is 0. The van der Waals surface area contributed by atoms with Gasteiger partial charge in [-0.25, -0.2) is 0 Å². The second kappa shape index (κ2) is 45.5. The summed E-state index contributed by atoms with van der Waals surface area (Å²) in [6.07, 6.45) is 57.2. The molecule has 0 aromatic rings. The summed E-state index contributed by atoms with van der Waals surface area (Å²) in [6, 6.07) is 0. The molecule has 52 heavy (non-hydrogen) atoms. The quantitative estimate of drug-likeness (QED) is 0.0458. The van der Waals surface area contributed by atoms with E-state index in [2.05, 4.69) is 20.8 Å². The molecule has 0 N–H and O–H groups in total. The van der Waals surface area contributed by atoms with Gasteiger partial charge in [-0.05, 0) is 19.3 Å². The Morgan fingerprint density at radius 3 is 0.635 bits per heavy atom. The second-order valence-corrected chi connectivity index (χ2v) is 19.0. The lowest BCUT2D eigenvalue weighted by Gasteiger charge is -2.19. The lowest BCUT2D eigenvalue weighted by Crippen LogP contribution is -2.04. The van der Waals surface area contributed by atoms with Gasteiger partial charge in [0.15, 0.2) is 0 Å². The van der Waals surface area contributed by atoms with Gasteiger partial charge in [0.2, 0.25) is 0 Å². The minimum Gasteiger partial charge on any atom is -0.309 e. The van der Waals surface area contributed by atoms with Crippen LogP contribution < -0.4 is 0 Å². The van der Waals surface area contributed by atoms with Crippen LogP contribution in [0.1, 0.15) is 290 Å². The van der Waals surface area contributed by atoms with Crippen LogP contribution in [0.5, 0.6) is 0 Å². The zero-order valence-electron chi connectivity index (χ0n) is 36.5. The second-order valence-electron chi connectivity index (χ2n) is 16.8. The highest BCUT2D eigenvalue weighted by atomic mass is 31.2. The Balaban J connectivity index is 4.08. The summed E-state index contributed by atoms with van der Waals surface area (Å²) in [4.78, 5) is 0. The summed E-state index contributed by atoms with van der Waals surface area (Å²) in [5.74, 6) is 0. The molecular formula is C48H99O3P. The lowest BCUT2D eigenvalue weighted by atomic mass is 10.0. The van der Waals surface area contributed by atoms with E-state index in [1.165, 1.54) is 244 Å². The molecule has 0 fully saturated rings. The van der Waals surface area contributed by atoms with Gasteiger partial charge < -0.3 is 9.05 Å². The Hall–Kier alpha value is 0.150. The van der Waals surface area contributed by atoms with Crippen LogP contribution >= 0.6 is 7.60 Å². The Bertz CT molecular complexity index is 645. The molecule has 0 aliphatic rings. The van der Waals surface area contributed by atoms with Crippen LogP contribution in [0.15, 0.2) is 0 Å².